The van der Waals surface area contributed by atoms with Gasteiger partial charge in [-0.2, -0.15) is 0 Å². The molecule has 0 aliphatic carbocycles. The zero-order valence-corrected chi connectivity index (χ0v) is 11.3. The molecule has 100 valence electrons. The van der Waals surface area contributed by atoms with Crippen molar-refractivity contribution in [3.8, 4) is 5.75 Å². The molecule has 0 amide bonds. The summed E-state index contributed by atoms with van der Waals surface area (Å²) in [6.07, 6.45) is 3.69. The summed E-state index contributed by atoms with van der Waals surface area (Å²) in [6.45, 7) is 0.728. The van der Waals surface area contributed by atoms with E-state index in [2.05, 4.69) is 28.5 Å². The van der Waals surface area contributed by atoms with Crippen LogP contribution in [0.15, 0.2) is 60.9 Å². The normalized spacial score (nSPS) is 10.4. The van der Waals surface area contributed by atoms with Gasteiger partial charge in [0.2, 0.25) is 0 Å². The maximum Gasteiger partial charge on any atom is 0.123 e. The van der Waals surface area contributed by atoms with Crippen molar-refractivity contribution in [1.82, 2.24) is 4.98 Å². The highest BCUT2D eigenvalue weighted by molar-refractivity contribution is 5.93. The van der Waals surface area contributed by atoms with Crippen molar-refractivity contribution < 1.29 is 4.74 Å². The van der Waals surface area contributed by atoms with Crippen LogP contribution in [0.2, 0.25) is 0 Å². The second-order valence-corrected chi connectivity index (χ2v) is 4.57. The summed E-state index contributed by atoms with van der Waals surface area (Å²) >= 11 is 0. The van der Waals surface area contributed by atoms with Gasteiger partial charge in [-0.15, -0.1) is 0 Å². The van der Waals surface area contributed by atoms with Crippen molar-refractivity contribution in [3.63, 3.8) is 0 Å². The topological polar surface area (TPSA) is 34.1 Å². The number of nitrogens with zero attached hydrogens (tertiary/aromatic N) is 1. The Hall–Kier alpha value is -2.55. The fourth-order valence-electron chi connectivity index (χ4n) is 2.32. The van der Waals surface area contributed by atoms with E-state index in [1.54, 1.807) is 7.11 Å². The number of pyridine rings is 1. The van der Waals surface area contributed by atoms with Crippen molar-refractivity contribution in [3.05, 3.63) is 66.5 Å². The van der Waals surface area contributed by atoms with E-state index in [9.17, 15) is 0 Å². The van der Waals surface area contributed by atoms with Crippen LogP contribution in [0.3, 0.4) is 0 Å². The molecule has 3 rings (SSSR count). The maximum absolute atomic E-state index is 5.37. The van der Waals surface area contributed by atoms with E-state index in [0.717, 1.165) is 28.9 Å². The average Bonchev–Trinajstić information content (AvgIpc) is 2.53. The Kier molecular flexibility index (Phi) is 3.50. The first-order chi connectivity index (χ1) is 9.88. The molecule has 0 aliphatic heterocycles. The third-order valence-electron chi connectivity index (χ3n) is 3.34. The smallest absolute Gasteiger partial charge is 0.123 e. The standard InChI is InChI=1S/C17H16N2O/c1-20-17-8-3-2-5-14(17)12-19-16-7-4-6-13-11-18-10-9-15(13)16/h2-11,19H,12H2,1H3. The van der Waals surface area contributed by atoms with Gasteiger partial charge in [-0.25, -0.2) is 0 Å². The lowest BCUT2D eigenvalue weighted by Gasteiger charge is -2.12. The van der Waals surface area contributed by atoms with Crippen LogP contribution in [0, 0.1) is 0 Å². The van der Waals surface area contributed by atoms with Gasteiger partial charge in [-0.05, 0) is 18.2 Å². The van der Waals surface area contributed by atoms with Crippen LogP contribution in [0.1, 0.15) is 5.56 Å². The van der Waals surface area contributed by atoms with E-state index >= 15 is 0 Å². The molecule has 3 aromatic rings. The zero-order valence-electron chi connectivity index (χ0n) is 11.3. The van der Waals surface area contributed by atoms with Crippen molar-refractivity contribution in [2.45, 2.75) is 6.54 Å². The van der Waals surface area contributed by atoms with E-state index in [1.165, 1.54) is 5.39 Å². The Balaban J connectivity index is 1.87. The van der Waals surface area contributed by atoms with Crippen LogP contribution >= 0.6 is 0 Å². The summed E-state index contributed by atoms with van der Waals surface area (Å²) in [5, 5.41) is 5.79. The number of ether oxygens (including phenoxy) is 1. The molecule has 1 N–H and O–H groups in total. The lowest BCUT2D eigenvalue weighted by Crippen LogP contribution is -2.02. The predicted molar refractivity (Wildman–Crippen MR) is 82.1 cm³/mol. The molecule has 20 heavy (non-hydrogen) atoms. The summed E-state index contributed by atoms with van der Waals surface area (Å²) in [5.41, 5.74) is 2.25. The molecule has 0 aliphatic rings. The van der Waals surface area contributed by atoms with E-state index < -0.39 is 0 Å². The lowest BCUT2D eigenvalue weighted by molar-refractivity contribution is 0.410. The number of aromatic nitrogens is 1. The van der Waals surface area contributed by atoms with Crippen molar-refractivity contribution in [1.29, 1.82) is 0 Å². The summed E-state index contributed by atoms with van der Waals surface area (Å²) in [5.74, 6) is 0.905. The first-order valence-corrected chi connectivity index (χ1v) is 6.57. The molecule has 0 saturated heterocycles. The summed E-state index contributed by atoms with van der Waals surface area (Å²) in [7, 11) is 1.70. The number of anilines is 1. The SMILES string of the molecule is COc1ccccc1CNc1cccc2cnccc12. The second kappa shape index (κ2) is 5.61. The summed E-state index contributed by atoms with van der Waals surface area (Å²) in [6, 6.07) is 16.3. The van der Waals surface area contributed by atoms with Gasteiger partial charge in [-0.1, -0.05) is 30.3 Å². The zero-order chi connectivity index (χ0) is 13.8. The first kappa shape index (κ1) is 12.5. The highest BCUT2D eigenvalue weighted by Gasteiger charge is 2.03. The molecule has 0 spiro atoms. The molecule has 0 unspecified atom stereocenters. The fraction of sp³-hybridized carbons (Fsp3) is 0.118. The molecule has 0 bridgehead atoms. The average molecular weight is 264 g/mol. The number of benzene rings is 2. The van der Waals surface area contributed by atoms with E-state index in [-0.39, 0.29) is 0 Å². The number of methoxy groups -OCH3 is 1. The molecule has 3 heteroatoms. The number of fused-ring (bicyclic) bond motifs is 1. The Morgan fingerprint density at radius 1 is 1.05 bits per heavy atom. The van der Waals surface area contributed by atoms with Gasteiger partial charge >= 0.3 is 0 Å². The second-order valence-electron chi connectivity index (χ2n) is 4.57. The van der Waals surface area contributed by atoms with E-state index in [4.69, 9.17) is 4.74 Å². The Morgan fingerprint density at radius 2 is 1.95 bits per heavy atom. The minimum atomic E-state index is 0.728. The Bertz CT molecular complexity index is 720. The molecule has 0 fully saturated rings. The van der Waals surface area contributed by atoms with Crippen molar-refractivity contribution >= 4 is 16.5 Å². The fourth-order valence-corrected chi connectivity index (χ4v) is 2.32. The maximum atomic E-state index is 5.37. The molecular formula is C17H16N2O. The minimum absolute atomic E-state index is 0.728. The highest BCUT2D eigenvalue weighted by atomic mass is 16.5. The van der Waals surface area contributed by atoms with E-state index in [0.29, 0.717) is 0 Å². The molecular weight excluding hydrogens is 248 g/mol. The van der Waals surface area contributed by atoms with Crippen LogP contribution in [0.5, 0.6) is 5.75 Å². The largest absolute Gasteiger partial charge is 0.496 e. The lowest BCUT2D eigenvalue weighted by atomic mass is 10.1. The highest BCUT2D eigenvalue weighted by Crippen LogP contribution is 2.24. The number of rotatable bonds is 4. The van der Waals surface area contributed by atoms with Crippen LogP contribution in [-0.2, 0) is 6.54 Å². The quantitative estimate of drug-likeness (QED) is 0.777. The molecule has 3 nitrogen and oxygen atoms in total. The van der Waals surface area contributed by atoms with Crippen molar-refractivity contribution in [2.75, 3.05) is 12.4 Å². The minimum Gasteiger partial charge on any atom is -0.496 e. The molecule has 2 aromatic carbocycles. The van der Waals surface area contributed by atoms with Gasteiger partial charge in [0.05, 0.1) is 7.11 Å². The molecule has 1 heterocycles. The number of hydrogen-bond acceptors (Lipinski definition) is 3. The van der Waals surface area contributed by atoms with Crippen molar-refractivity contribution in [2.24, 2.45) is 0 Å². The molecule has 1 aromatic heterocycles. The van der Waals surface area contributed by atoms with Crippen LogP contribution in [0.25, 0.3) is 10.8 Å². The van der Waals surface area contributed by atoms with Gasteiger partial charge < -0.3 is 10.1 Å². The van der Waals surface area contributed by atoms with Crippen LogP contribution in [0.4, 0.5) is 5.69 Å². The monoisotopic (exact) mass is 264 g/mol. The third kappa shape index (κ3) is 2.43. The van der Waals surface area contributed by atoms with Gasteiger partial charge in [-0.3, -0.25) is 4.98 Å². The van der Waals surface area contributed by atoms with Gasteiger partial charge in [0.1, 0.15) is 5.75 Å². The third-order valence-corrected chi connectivity index (χ3v) is 3.34. The Labute approximate surface area is 118 Å². The number of nitrogens with one attached hydrogen (secondary N) is 1. The number of hydrogen-bond donors (Lipinski definition) is 1. The Morgan fingerprint density at radius 3 is 2.85 bits per heavy atom. The van der Waals surface area contributed by atoms with E-state index in [1.807, 2.05) is 42.7 Å². The van der Waals surface area contributed by atoms with Gasteiger partial charge in [0, 0.05) is 41.0 Å². The van der Waals surface area contributed by atoms with Crippen LogP contribution < -0.4 is 10.1 Å². The van der Waals surface area contributed by atoms with Gasteiger partial charge in [0.25, 0.3) is 0 Å². The molecule has 0 atom stereocenters. The molecule has 0 saturated carbocycles. The van der Waals surface area contributed by atoms with Gasteiger partial charge in [0.15, 0.2) is 0 Å². The summed E-state index contributed by atoms with van der Waals surface area (Å²) in [4.78, 5) is 4.15. The molecule has 0 radical (unpaired) electrons. The predicted octanol–water partition coefficient (Wildman–Crippen LogP) is 3.86. The van der Waals surface area contributed by atoms with Crippen LogP contribution in [-0.4, -0.2) is 12.1 Å². The number of para-hydroxylation sites is 1. The first-order valence-electron chi connectivity index (χ1n) is 6.57. The summed E-state index contributed by atoms with van der Waals surface area (Å²) < 4.78 is 5.37.